The highest BCUT2D eigenvalue weighted by molar-refractivity contribution is 6.38. The summed E-state index contributed by atoms with van der Waals surface area (Å²) in [5.41, 5.74) is 1.83. The first-order valence-corrected chi connectivity index (χ1v) is 5.49. The Morgan fingerprint density at radius 1 is 1.36 bits per heavy atom. The lowest BCUT2D eigenvalue weighted by Gasteiger charge is -2.05. The molecule has 0 saturated heterocycles. The van der Waals surface area contributed by atoms with Crippen LogP contribution in [0.25, 0.3) is 0 Å². The van der Waals surface area contributed by atoms with Crippen LogP contribution in [0.1, 0.15) is 22.8 Å². The molecule has 1 rings (SSSR count). The average Bonchev–Trinajstić information content (AvgIpc) is 2.27. The maximum atomic E-state index is 11.6. The molecule has 0 aromatic heterocycles. The second-order valence-electron chi connectivity index (χ2n) is 3.04. The van der Waals surface area contributed by atoms with E-state index in [4.69, 9.17) is 23.2 Å². The predicted octanol–water partition coefficient (Wildman–Crippen LogP) is 3.28. The minimum absolute atomic E-state index is 0.107. The van der Waals surface area contributed by atoms with Gasteiger partial charge in [-0.1, -0.05) is 31.2 Å². The molecule has 76 valence electrons. The maximum Gasteiger partial charge on any atom is 0.181 e. The number of benzene rings is 1. The second kappa shape index (κ2) is 5.38. The minimum atomic E-state index is -0.621. The standard InChI is InChI=1S/C11H12Cl2O/c1-2-8-3-5-9(6-4-8)11(14)10(13)7-12/h3-6,10H,2,7H2,1H3. The highest BCUT2D eigenvalue weighted by Gasteiger charge is 2.15. The van der Waals surface area contributed by atoms with Crippen molar-refractivity contribution in [3.8, 4) is 0 Å². The summed E-state index contributed by atoms with van der Waals surface area (Å²) >= 11 is 11.2. The SMILES string of the molecule is CCc1ccc(C(=O)C(Cl)CCl)cc1. The zero-order chi connectivity index (χ0) is 10.6. The molecule has 1 unspecified atom stereocenters. The van der Waals surface area contributed by atoms with Gasteiger partial charge in [0.2, 0.25) is 0 Å². The van der Waals surface area contributed by atoms with Gasteiger partial charge < -0.3 is 0 Å². The number of halogens is 2. The first-order chi connectivity index (χ1) is 6.69. The van der Waals surface area contributed by atoms with Gasteiger partial charge in [0.1, 0.15) is 5.38 Å². The molecule has 3 heteroatoms. The molecule has 0 aliphatic carbocycles. The Kier molecular flexibility index (Phi) is 4.43. The Balaban J connectivity index is 2.81. The van der Waals surface area contributed by atoms with Crippen molar-refractivity contribution in [1.29, 1.82) is 0 Å². The third-order valence-electron chi connectivity index (χ3n) is 2.07. The van der Waals surface area contributed by atoms with E-state index in [1.807, 2.05) is 12.1 Å². The monoisotopic (exact) mass is 230 g/mol. The molecule has 1 aromatic rings. The molecular weight excluding hydrogens is 219 g/mol. The molecule has 0 radical (unpaired) electrons. The number of carbonyl (C=O) groups excluding carboxylic acids is 1. The fourth-order valence-electron chi connectivity index (χ4n) is 1.16. The van der Waals surface area contributed by atoms with E-state index in [0.29, 0.717) is 5.56 Å². The number of alkyl halides is 2. The van der Waals surface area contributed by atoms with E-state index in [2.05, 4.69) is 6.92 Å². The number of carbonyl (C=O) groups is 1. The first kappa shape index (κ1) is 11.5. The number of hydrogen-bond donors (Lipinski definition) is 0. The topological polar surface area (TPSA) is 17.1 Å². The van der Waals surface area contributed by atoms with Crippen molar-refractivity contribution >= 4 is 29.0 Å². The van der Waals surface area contributed by atoms with Crippen LogP contribution in [0, 0.1) is 0 Å². The number of hydrogen-bond acceptors (Lipinski definition) is 1. The molecule has 0 fully saturated rings. The largest absolute Gasteiger partial charge is 0.292 e. The molecule has 0 aliphatic heterocycles. The lowest BCUT2D eigenvalue weighted by molar-refractivity contribution is 0.0993. The van der Waals surface area contributed by atoms with Crippen LogP contribution in [-0.2, 0) is 6.42 Å². The summed E-state index contributed by atoms with van der Waals surface area (Å²) in [4.78, 5) is 11.6. The number of Topliss-reactive ketones (excluding diaryl/α,β-unsaturated/α-hetero) is 1. The van der Waals surface area contributed by atoms with E-state index in [1.165, 1.54) is 5.56 Å². The third kappa shape index (κ3) is 2.73. The minimum Gasteiger partial charge on any atom is -0.292 e. The van der Waals surface area contributed by atoms with E-state index >= 15 is 0 Å². The van der Waals surface area contributed by atoms with Crippen LogP contribution in [0.5, 0.6) is 0 Å². The summed E-state index contributed by atoms with van der Waals surface area (Å²) in [7, 11) is 0. The quantitative estimate of drug-likeness (QED) is 0.574. The maximum absolute atomic E-state index is 11.6. The summed E-state index contributed by atoms with van der Waals surface area (Å²) in [6.45, 7) is 2.07. The van der Waals surface area contributed by atoms with E-state index in [-0.39, 0.29) is 11.7 Å². The Hall–Kier alpha value is -0.530. The van der Waals surface area contributed by atoms with E-state index in [0.717, 1.165) is 6.42 Å². The van der Waals surface area contributed by atoms with Gasteiger partial charge in [-0.15, -0.1) is 23.2 Å². The molecule has 0 aliphatic rings. The van der Waals surface area contributed by atoms with Gasteiger partial charge in [-0.25, -0.2) is 0 Å². The number of rotatable bonds is 4. The molecule has 1 aromatic carbocycles. The molecule has 0 bridgehead atoms. The third-order valence-corrected chi connectivity index (χ3v) is 2.89. The molecule has 0 spiro atoms. The van der Waals surface area contributed by atoms with Gasteiger partial charge in [0.05, 0.1) is 0 Å². The highest BCUT2D eigenvalue weighted by atomic mass is 35.5. The Bertz CT molecular complexity index is 306. The smallest absolute Gasteiger partial charge is 0.181 e. The van der Waals surface area contributed by atoms with Crippen LogP contribution < -0.4 is 0 Å². The van der Waals surface area contributed by atoms with E-state index in [1.54, 1.807) is 12.1 Å². The molecule has 14 heavy (non-hydrogen) atoms. The Labute approximate surface area is 94.0 Å². The summed E-state index contributed by atoms with van der Waals surface area (Å²) in [6.07, 6.45) is 0.967. The molecule has 0 N–H and O–H groups in total. The van der Waals surface area contributed by atoms with Crippen molar-refractivity contribution in [1.82, 2.24) is 0 Å². The van der Waals surface area contributed by atoms with Gasteiger partial charge in [0.25, 0.3) is 0 Å². The second-order valence-corrected chi connectivity index (χ2v) is 3.87. The van der Waals surface area contributed by atoms with Gasteiger partial charge in [0, 0.05) is 11.4 Å². The van der Waals surface area contributed by atoms with Crippen LogP contribution >= 0.6 is 23.2 Å². The number of aryl methyl sites for hydroxylation is 1. The zero-order valence-electron chi connectivity index (χ0n) is 7.97. The summed E-state index contributed by atoms with van der Waals surface area (Å²) in [6, 6.07) is 7.46. The molecular formula is C11H12Cl2O. The molecule has 0 amide bonds. The normalized spacial score (nSPS) is 12.5. The van der Waals surface area contributed by atoms with E-state index < -0.39 is 5.38 Å². The fraction of sp³-hybridized carbons (Fsp3) is 0.364. The van der Waals surface area contributed by atoms with Crippen LogP contribution in [0.2, 0.25) is 0 Å². The zero-order valence-corrected chi connectivity index (χ0v) is 9.48. The summed E-state index contributed by atoms with van der Waals surface area (Å²) in [5.74, 6) is 0.0416. The molecule has 1 nitrogen and oxygen atoms in total. The van der Waals surface area contributed by atoms with Crippen molar-refractivity contribution in [2.24, 2.45) is 0 Å². The predicted molar refractivity (Wildman–Crippen MR) is 60.5 cm³/mol. The van der Waals surface area contributed by atoms with Crippen molar-refractivity contribution in [3.05, 3.63) is 35.4 Å². The van der Waals surface area contributed by atoms with Crippen molar-refractivity contribution in [2.45, 2.75) is 18.7 Å². The highest BCUT2D eigenvalue weighted by Crippen LogP contribution is 2.11. The number of ketones is 1. The van der Waals surface area contributed by atoms with Crippen molar-refractivity contribution < 1.29 is 4.79 Å². The van der Waals surface area contributed by atoms with Crippen LogP contribution in [-0.4, -0.2) is 17.0 Å². The fourth-order valence-corrected chi connectivity index (χ4v) is 1.42. The lowest BCUT2D eigenvalue weighted by atomic mass is 10.1. The summed E-state index contributed by atoms with van der Waals surface area (Å²) < 4.78 is 0. The molecule has 1 atom stereocenters. The van der Waals surface area contributed by atoms with Crippen LogP contribution in [0.4, 0.5) is 0 Å². The van der Waals surface area contributed by atoms with E-state index in [9.17, 15) is 4.79 Å². The molecule has 0 saturated carbocycles. The summed E-state index contributed by atoms with van der Waals surface area (Å²) in [5, 5.41) is -0.621. The lowest BCUT2D eigenvalue weighted by Crippen LogP contribution is -2.16. The first-order valence-electron chi connectivity index (χ1n) is 4.52. The van der Waals surface area contributed by atoms with Crippen molar-refractivity contribution in [2.75, 3.05) is 5.88 Å². The average molecular weight is 231 g/mol. The van der Waals surface area contributed by atoms with Gasteiger partial charge in [0.15, 0.2) is 5.78 Å². The van der Waals surface area contributed by atoms with Crippen LogP contribution in [0.3, 0.4) is 0 Å². The van der Waals surface area contributed by atoms with Gasteiger partial charge in [-0.3, -0.25) is 4.79 Å². The van der Waals surface area contributed by atoms with Gasteiger partial charge >= 0.3 is 0 Å². The van der Waals surface area contributed by atoms with Crippen molar-refractivity contribution in [3.63, 3.8) is 0 Å². The Morgan fingerprint density at radius 2 is 1.93 bits per heavy atom. The Morgan fingerprint density at radius 3 is 2.36 bits per heavy atom. The van der Waals surface area contributed by atoms with Gasteiger partial charge in [-0.05, 0) is 12.0 Å². The van der Waals surface area contributed by atoms with Gasteiger partial charge in [-0.2, -0.15) is 0 Å². The van der Waals surface area contributed by atoms with Crippen LogP contribution in [0.15, 0.2) is 24.3 Å². The molecule has 0 heterocycles.